The number of rotatable bonds is 7. The van der Waals surface area contributed by atoms with Crippen molar-refractivity contribution in [2.24, 2.45) is 0 Å². The molecule has 2 atom stereocenters. The van der Waals surface area contributed by atoms with Gasteiger partial charge in [0.1, 0.15) is 6.07 Å². The molecule has 1 amide bonds. The molecule has 1 saturated heterocycles. The fraction of sp³-hybridized carbons (Fsp3) is 0.318. The lowest BCUT2D eigenvalue weighted by Crippen LogP contribution is -2.30. The molecule has 0 aliphatic carbocycles. The second-order valence-corrected chi connectivity index (χ2v) is 7.70. The highest BCUT2D eigenvalue weighted by Crippen LogP contribution is 2.27. The molecule has 1 heterocycles. The molecule has 150 valence electrons. The van der Waals surface area contributed by atoms with E-state index in [4.69, 9.17) is 14.7 Å². The van der Waals surface area contributed by atoms with Gasteiger partial charge in [-0.15, -0.1) is 11.8 Å². The smallest absolute Gasteiger partial charge is 0.340 e. The number of benzene rings is 2. The van der Waals surface area contributed by atoms with Crippen LogP contribution < -0.4 is 5.32 Å². The van der Waals surface area contributed by atoms with Gasteiger partial charge >= 0.3 is 5.97 Å². The summed E-state index contributed by atoms with van der Waals surface area (Å²) < 4.78 is 11.0. The maximum Gasteiger partial charge on any atom is 0.340 e. The summed E-state index contributed by atoms with van der Waals surface area (Å²) in [4.78, 5) is 25.9. The Balaban J connectivity index is 1.62. The SMILES string of the molecule is C[C@@H](OC(=O)c1ccccc1SC[C@@H]1CCCO1)C(=O)Nc1ccccc1C#N. The lowest BCUT2D eigenvalue weighted by atomic mass is 10.2. The Labute approximate surface area is 174 Å². The van der Waals surface area contributed by atoms with Crippen molar-refractivity contribution in [1.82, 2.24) is 0 Å². The summed E-state index contributed by atoms with van der Waals surface area (Å²) in [5, 5.41) is 11.8. The Kier molecular flexibility index (Phi) is 7.28. The van der Waals surface area contributed by atoms with Crippen molar-refractivity contribution in [3.63, 3.8) is 0 Å². The van der Waals surface area contributed by atoms with E-state index in [1.54, 1.807) is 48.2 Å². The van der Waals surface area contributed by atoms with Crippen LogP contribution in [0.4, 0.5) is 5.69 Å². The third-order valence-corrected chi connectivity index (χ3v) is 5.72. The molecule has 0 saturated carbocycles. The normalized spacial score (nSPS) is 16.6. The van der Waals surface area contributed by atoms with Crippen LogP contribution in [0.2, 0.25) is 0 Å². The molecule has 7 heteroatoms. The van der Waals surface area contributed by atoms with Crippen LogP contribution >= 0.6 is 11.8 Å². The number of hydrogen-bond acceptors (Lipinski definition) is 6. The number of para-hydroxylation sites is 1. The number of thioether (sulfide) groups is 1. The fourth-order valence-corrected chi connectivity index (χ4v) is 4.03. The Morgan fingerprint density at radius 3 is 2.79 bits per heavy atom. The number of esters is 1. The topological polar surface area (TPSA) is 88.4 Å². The zero-order chi connectivity index (χ0) is 20.6. The van der Waals surface area contributed by atoms with Crippen LogP contribution in [0.3, 0.4) is 0 Å². The van der Waals surface area contributed by atoms with Gasteiger partial charge in [0.15, 0.2) is 6.10 Å². The summed E-state index contributed by atoms with van der Waals surface area (Å²) in [5.41, 5.74) is 1.15. The monoisotopic (exact) mass is 410 g/mol. The number of nitrogens with zero attached hydrogens (tertiary/aromatic N) is 1. The van der Waals surface area contributed by atoms with Crippen molar-refractivity contribution in [3.8, 4) is 6.07 Å². The van der Waals surface area contributed by atoms with Crippen LogP contribution in [-0.4, -0.2) is 36.4 Å². The fourth-order valence-electron chi connectivity index (χ4n) is 2.92. The minimum atomic E-state index is -1.01. The molecule has 3 rings (SSSR count). The number of hydrogen-bond donors (Lipinski definition) is 1. The summed E-state index contributed by atoms with van der Waals surface area (Å²) in [6.07, 6.45) is 1.29. The first-order valence-corrected chi connectivity index (χ1v) is 10.4. The summed E-state index contributed by atoms with van der Waals surface area (Å²) in [6.45, 7) is 2.29. The van der Waals surface area contributed by atoms with Gasteiger partial charge in [0, 0.05) is 17.3 Å². The number of ether oxygens (including phenoxy) is 2. The van der Waals surface area contributed by atoms with E-state index in [9.17, 15) is 9.59 Å². The van der Waals surface area contributed by atoms with E-state index in [-0.39, 0.29) is 6.10 Å². The van der Waals surface area contributed by atoms with Crippen LogP contribution in [0.25, 0.3) is 0 Å². The van der Waals surface area contributed by atoms with Crippen LogP contribution in [0.5, 0.6) is 0 Å². The quantitative estimate of drug-likeness (QED) is 0.548. The molecule has 0 bridgehead atoms. The highest BCUT2D eigenvalue weighted by atomic mass is 32.2. The van der Waals surface area contributed by atoms with Crippen molar-refractivity contribution in [2.45, 2.75) is 36.9 Å². The molecular formula is C22H22N2O4S. The summed E-state index contributed by atoms with van der Waals surface area (Å²) >= 11 is 1.55. The van der Waals surface area contributed by atoms with Crippen molar-refractivity contribution in [3.05, 3.63) is 59.7 Å². The van der Waals surface area contributed by atoms with Gasteiger partial charge in [0.25, 0.3) is 5.91 Å². The van der Waals surface area contributed by atoms with Gasteiger partial charge in [-0.25, -0.2) is 4.79 Å². The maximum atomic E-state index is 12.7. The molecule has 0 unspecified atom stereocenters. The van der Waals surface area contributed by atoms with E-state index in [1.807, 2.05) is 18.2 Å². The Hall–Kier alpha value is -2.82. The summed E-state index contributed by atoms with van der Waals surface area (Å²) in [5.74, 6) is -0.284. The van der Waals surface area contributed by atoms with Gasteiger partial charge in [-0.3, -0.25) is 4.79 Å². The maximum absolute atomic E-state index is 12.7. The number of nitrogens with one attached hydrogen (secondary N) is 1. The Morgan fingerprint density at radius 2 is 2.03 bits per heavy atom. The van der Waals surface area contributed by atoms with Gasteiger partial charge in [0.05, 0.1) is 22.9 Å². The van der Waals surface area contributed by atoms with E-state index < -0.39 is 18.0 Å². The lowest BCUT2D eigenvalue weighted by Gasteiger charge is -2.16. The van der Waals surface area contributed by atoms with Gasteiger partial charge in [0.2, 0.25) is 0 Å². The van der Waals surface area contributed by atoms with Crippen LogP contribution in [0.15, 0.2) is 53.4 Å². The molecule has 6 nitrogen and oxygen atoms in total. The predicted molar refractivity (Wildman–Crippen MR) is 111 cm³/mol. The number of carbonyl (C=O) groups excluding carboxylic acids is 2. The second kappa shape index (κ2) is 10.1. The van der Waals surface area contributed by atoms with Crippen molar-refractivity contribution < 1.29 is 19.1 Å². The predicted octanol–water partition coefficient (Wildman–Crippen LogP) is 4.01. The van der Waals surface area contributed by atoms with E-state index in [0.29, 0.717) is 16.8 Å². The third-order valence-electron chi connectivity index (χ3n) is 4.51. The Morgan fingerprint density at radius 1 is 1.28 bits per heavy atom. The average molecular weight is 410 g/mol. The third kappa shape index (κ3) is 5.59. The second-order valence-electron chi connectivity index (χ2n) is 6.64. The molecule has 0 aromatic heterocycles. The molecule has 29 heavy (non-hydrogen) atoms. The number of carbonyl (C=O) groups is 2. The van der Waals surface area contributed by atoms with Crippen LogP contribution in [-0.2, 0) is 14.3 Å². The molecule has 1 aliphatic rings. The highest BCUT2D eigenvalue weighted by molar-refractivity contribution is 7.99. The summed E-state index contributed by atoms with van der Waals surface area (Å²) in [7, 11) is 0. The first-order valence-electron chi connectivity index (χ1n) is 9.43. The standard InChI is InChI=1S/C22H22N2O4S/c1-15(21(25)24-19-10-4-2-7-16(19)13-23)28-22(26)18-9-3-5-11-20(18)29-14-17-8-6-12-27-17/h2-5,7,9-11,15,17H,6,8,12,14H2,1H3,(H,24,25)/t15-,17+/m1/s1. The van der Waals surface area contributed by atoms with Gasteiger partial charge < -0.3 is 14.8 Å². The van der Waals surface area contributed by atoms with E-state index >= 15 is 0 Å². The molecule has 1 aliphatic heterocycles. The number of anilines is 1. The lowest BCUT2D eigenvalue weighted by molar-refractivity contribution is -0.123. The zero-order valence-electron chi connectivity index (χ0n) is 16.1. The summed E-state index contributed by atoms with van der Waals surface area (Å²) in [6, 6.07) is 15.9. The van der Waals surface area contributed by atoms with Gasteiger partial charge in [-0.05, 0) is 44.0 Å². The van der Waals surface area contributed by atoms with Crippen molar-refractivity contribution >= 4 is 29.3 Å². The molecule has 1 N–H and O–H groups in total. The molecule has 2 aromatic rings. The zero-order valence-corrected chi connectivity index (χ0v) is 16.9. The van der Waals surface area contributed by atoms with Gasteiger partial charge in [-0.2, -0.15) is 5.26 Å². The van der Waals surface area contributed by atoms with Crippen molar-refractivity contribution in [1.29, 1.82) is 5.26 Å². The Bertz CT molecular complexity index is 919. The first kappa shape index (κ1) is 20.9. The largest absolute Gasteiger partial charge is 0.449 e. The van der Waals surface area contributed by atoms with Crippen LogP contribution in [0.1, 0.15) is 35.7 Å². The number of nitriles is 1. The minimum Gasteiger partial charge on any atom is -0.449 e. The van der Waals surface area contributed by atoms with E-state index in [0.717, 1.165) is 30.1 Å². The van der Waals surface area contributed by atoms with E-state index in [2.05, 4.69) is 5.32 Å². The van der Waals surface area contributed by atoms with Crippen LogP contribution in [0, 0.1) is 11.3 Å². The number of amides is 1. The molecular weight excluding hydrogens is 388 g/mol. The molecule has 1 fully saturated rings. The first-order chi connectivity index (χ1) is 14.1. The molecule has 2 aromatic carbocycles. The highest BCUT2D eigenvalue weighted by Gasteiger charge is 2.22. The minimum absolute atomic E-state index is 0.203. The average Bonchev–Trinajstić information content (AvgIpc) is 3.26. The molecule has 0 radical (unpaired) electrons. The van der Waals surface area contributed by atoms with E-state index in [1.165, 1.54) is 6.92 Å². The van der Waals surface area contributed by atoms with Gasteiger partial charge in [-0.1, -0.05) is 24.3 Å². The molecule has 0 spiro atoms. The van der Waals surface area contributed by atoms with Crippen molar-refractivity contribution in [2.75, 3.05) is 17.7 Å².